The van der Waals surface area contributed by atoms with Crippen molar-refractivity contribution in [1.29, 1.82) is 0 Å². The van der Waals surface area contributed by atoms with Gasteiger partial charge in [0, 0.05) is 30.1 Å². The van der Waals surface area contributed by atoms with Crippen LogP contribution in [0.5, 0.6) is 0 Å². The monoisotopic (exact) mass is 333 g/mol. The van der Waals surface area contributed by atoms with Crippen molar-refractivity contribution in [2.24, 2.45) is 0 Å². The normalized spacial score (nSPS) is 16.0. The summed E-state index contributed by atoms with van der Waals surface area (Å²) in [4.78, 5) is 19.0. The summed E-state index contributed by atoms with van der Waals surface area (Å²) in [6.45, 7) is 2.08. The lowest BCUT2D eigenvalue weighted by Gasteiger charge is -2.22. The lowest BCUT2D eigenvalue weighted by atomic mass is 10.1. The van der Waals surface area contributed by atoms with Crippen LogP contribution in [0.2, 0.25) is 0 Å². The number of aromatic nitrogens is 2. The fourth-order valence-corrected chi connectivity index (χ4v) is 3.34. The summed E-state index contributed by atoms with van der Waals surface area (Å²) in [5.74, 6) is 1.15. The molecule has 0 N–H and O–H groups in total. The molecule has 0 fully saturated rings. The molecular formula is C20H19N3O2. The van der Waals surface area contributed by atoms with Gasteiger partial charge in [0.1, 0.15) is 0 Å². The van der Waals surface area contributed by atoms with E-state index < -0.39 is 0 Å². The van der Waals surface area contributed by atoms with Gasteiger partial charge in [0.2, 0.25) is 17.6 Å². The first kappa shape index (κ1) is 15.6. The van der Waals surface area contributed by atoms with Crippen LogP contribution in [0.25, 0.3) is 11.4 Å². The van der Waals surface area contributed by atoms with Gasteiger partial charge >= 0.3 is 0 Å². The van der Waals surface area contributed by atoms with Gasteiger partial charge in [0.05, 0.1) is 0 Å². The van der Waals surface area contributed by atoms with E-state index in [1.807, 2.05) is 53.4 Å². The van der Waals surface area contributed by atoms with E-state index in [0.29, 0.717) is 24.6 Å². The topological polar surface area (TPSA) is 59.2 Å². The number of rotatable bonds is 4. The molecule has 0 spiro atoms. The van der Waals surface area contributed by atoms with Crippen molar-refractivity contribution in [3.05, 3.63) is 66.1 Å². The van der Waals surface area contributed by atoms with Crippen LogP contribution in [0, 0.1) is 0 Å². The predicted octanol–water partition coefficient (Wildman–Crippen LogP) is 3.65. The SMILES string of the molecule is C[C@H]1Cc2ccccc2N1C(=O)CCc1nc(-c2ccccc2)no1. The molecule has 0 aliphatic carbocycles. The molecule has 1 aromatic heterocycles. The zero-order valence-corrected chi connectivity index (χ0v) is 14.1. The van der Waals surface area contributed by atoms with E-state index in [-0.39, 0.29) is 11.9 Å². The highest BCUT2D eigenvalue weighted by Crippen LogP contribution is 2.32. The maximum Gasteiger partial charge on any atom is 0.227 e. The molecule has 4 rings (SSSR count). The van der Waals surface area contributed by atoms with Gasteiger partial charge in [-0.05, 0) is 25.0 Å². The van der Waals surface area contributed by atoms with Crippen molar-refractivity contribution < 1.29 is 9.32 Å². The van der Waals surface area contributed by atoms with E-state index >= 15 is 0 Å². The number of fused-ring (bicyclic) bond motifs is 1. The van der Waals surface area contributed by atoms with Gasteiger partial charge in [-0.1, -0.05) is 53.7 Å². The Morgan fingerprint density at radius 1 is 1.16 bits per heavy atom. The average molecular weight is 333 g/mol. The summed E-state index contributed by atoms with van der Waals surface area (Å²) in [6, 6.07) is 17.9. The van der Waals surface area contributed by atoms with E-state index in [2.05, 4.69) is 23.1 Å². The van der Waals surface area contributed by atoms with Crippen LogP contribution >= 0.6 is 0 Å². The van der Waals surface area contributed by atoms with Crippen LogP contribution in [-0.2, 0) is 17.6 Å². The molecule has 1 aliphatic heterocycles. The van der Waals surface area contributed by atoms with Crippen molar-refractivity contribution in [3.63, 3.8) is 0 Å². The van der Waals surface area contributed by atoms with E-state index in [0.717, 1.165) is 17.7 Å². The number of anilines is 1. The lowest BCUT2D eigenvalue weighted by molar-refractivity contribution is -0.118. The quantitative estimate of drug-likeness (QED) is 0.731. The predicted molar refractivity (Wildman–Crippen MR) is 95.1 cm³/mol. The smallest absolute Gasteiger partial charge is 0.227 e. The van der Waals surface area contributed by atoms with Gasteiger partial charge in [-0.3, -0.25) is 4.79 Å². The van der Waals surface area contributed by atoms with Gasteiger partial charge < -0.3 is 9.42 Å². The Bertz CT molecular complexity index is 889. The van der Waals surface area contributed by atoms with Crippen molar-refractivity contribution in [3.8, 4) is 11.4 Å². The first-order valence-corrected chi connectivity index (χ1v) is 8.50. The fourth-order valence-electron chi connectivity index (χ4n) is 3.34. The maximum absolute atomic E-state index is 12.7. The number of aryl methyl sites for hydroxylation is 1. The highest BCUT2D eigenvalue weighted by molar-refractivity contribution is 5.96. The third-order valence-electron chi connectivity index (χ3n) is 4.53. The number of amides is 1. The minimum atomic E-state index is 0.0944. The Hall–Kier alpha value is -2.95. The number of hydrogen-bond donors (Lipinski definition) is 0. The van der Waals surface area contributed by atoms with E-state index in [1.54, 1.807) is 0 Å². The zero-order valence-electron chi connectivity index (χ0n) is 14.1. The third kappa shape index (κ3) is 3.05. The number of nitrogens with zero attached hydrogens (tertiary/aromatic N) is 3. The Balaban J connectivity index is 1.44. The molecule has 0 bridgehead atoms. The second-order valence-corrected chi connectivity index (χ2v) is 6.32. The standard InChI is InChI=1S/C20H19N3O2/c1-14-13-16-9-5-6-10-17(16)23(14)19(24)12-11-18-21-20(22-25-18)15-7-3-2-4-8-15/h2-10,14H,11-13H2,1H3/t14-/m0/s1. The molecule has 0 unspecified atom stereocenters. The zero-order chi connectivity index (χ0) is 17.2. The summed E-state index contributed by atoms with van der Waals surface area (Å²) in [6.07, 6.45) is 1.71. The van der Waals surface area contributed by atoms with Gasteiger partial charge in [-0.2, -0.15) is 4.98 Å². The molecule has 1 amide bonds. The third-order valence-corrected chi connectivity index (χ3v) is 4.53. The summed E-state index contributed by atoms with van der Waals surface area (Å²) < 4.78 is 5.30. The van der Waals surface area contributed by atoms with Gasteiger partial charge in [-0.15, -0.1) is 0 Å². The molecule has 2 heterocycles. The summed E-state index contributed by atoms with van der Waals surface area (Å²) in [7, 11) is 0. The van der Waals surface area contributed by atoms with E-state index in [4.69, 9.17) is 4.52 Å². The second-order valence-electron chi connectivity index (χ2n) is 6.32. The van der Waals surface area contributed by atoms with Crippen molar-refractivity contribution in [2.45, 2.75) is 32.2 Å². The molecule has 2 aromatic carbocycles. The summed E-state index contributed by atoms with van der Waals surface area (Å²) in [5.41, 5.74) is 3.16. The van der Waals surface area contributed by atoms with Crippen molar-refractivity contribution in [2.75, 3.05) is 4.90 Å². The highest BCUT2D eigenvalue weighted by Gasteiger charge is 2.30. The van der Waals surface area contributed by atoms with Crippen LogP contribution in [0.15, 0.2) is 59.1 Å². The lowest BCUT2D eigenvalue weighted by Crippen LogP contribution is -2.35. The molecule has 1 aliphatic rings. The van der Waals surface area contributed by atoms with Crippen LogP contribution in [0.3, 0.4) is 0 Å². The van der Waals surface area contributed by atoms with Crippen molar-refractivity contribution >= 4 is 11.6 Å². The first-order chi connectivity index (χ1) is 12.2. The van der Waals surface area contributed by atoms with Crippen LogP contribution in [-0.4, -0.2) is 22.1 Å². The van der Waals surface area contributed by atoms with Crippen LogP contribution in [0.1, 0.15) is 24.8 Å². The Labute approximate surface area is 146 Å². The van der Waals surface area contributed by atoms with Gasteiger partial charge in [0.15, 0.2) is 0 Å². The highest BCUT2D eigenvalue weighted by atomic mass is 16.5. The first-order valence-electron chi connectivity index (χ1n) is 8.50. The Morgan fingerprint density at radius 3 is 2.76 bits per heavy atom. The minimum Gasteiger partial charge on any atom is -0.339 e. The Kier molecular flexibility index (Phi) is 4.06. The number of carbonyl (C=O) groups excluding carboxylic acids is 1. The van der Waals surface area contributed by atoms with Crippen LogP contribution < -0.4 is 4.90 Å². The average Bonchev–Trinajstić information content (AvgIpc) is 3.24. The summed E-state index contributed by atoms with van der Waals surface area (Å²) >= 11 is 0. The number of benzene rings is 2. The number of carbonyl (C=O) groups is 1. The van der Waals surface area contributed by atoms with Gasteiger partial charge in [0.25, 0.3) is 0 Å². The molecule has 3 aromatic rings. The van der Waals surface area contributed by atoms with E-state index in [1.165, 1.54) is 5.56 Å². The molecule has 0 radical (unpaired) electrons. The molecule has 0 saturated heterocycles. The molecule has 0 saturated carbocycles. The van der Waals surface area contributed by atoms with Crippen LogP contribution in [0.4, 0.5) is 5.69 Å². The molecule has 126 valence electrons. The van der Waals surface area contributed by atoms with Crippen molar-refractivity contribution in [1.82, 2.24) is 10.1 Å². The molecule has 25 heavy (non-hydrogen) atoms. The number of hydrogen-bond acceptors (Lipinski definition) is 4. The van der Waals surface area contributed by atoms with Gasteiger partial charge in [-0.25, -0.2) is 0 Å². The van der Waals surface area contributed by atoms with E-state index in [9.17, 15) is 4.79 Å². The summed E-state index contributed by atoms with van der Waals surface area (Å²) in [5, 5.41) is 4.00. The molecular weight excluding hydrogens is 314 g/mol. The molecule has 1 atom stereocenters. The Morgan fingerprint density at radius 2 is 1.92 bits per heavy atom. The maximum atomic E-state index is 12.7. The number of para-hydroxylation sites is 1. The largest absolute Gasteiger partial charge is 0.339 e. The minimum absolute atomic E-state index is 0.0944. The molecule has 5 heteroatoms. The fraction of sp³-hybridized carbons (Fsp3) is 0.250. The molecule has 5 nitrogen and oxygen atoms in total. The second kappa shape index (κ2) is 6.51.